The number of hydrogen-bond acceptors (Lipinski definition) is 3. The van der Waals surface area contributed by atoms with Crippen LogP contribution < -0.4 is 9.47 Å². The number of rotatable bonds is 9. The molecule has 0 N–H and O–H groups in total. The summed E-state index contributed by atoms with van der Waals surface area (Å²) in [5.41, 5.74) is 2.48. The molecule has 0 aliphatic carbocycles. The first-order valence-corrected chi connectivity index (χ1v) is 9.97. The normalized spacial score (nSPS) is 16.2. The minimum absolute atomic E-state index is 0.282. The van der Waals surface area contributed by atoms with Crippen LogP contribution >= 0.6 is 0 Å². The van der Waals surface area contributed by atoms with Gasteiger partial charge in [0.25, 0.3) is 0 Å². The molecule has 0 radical (unpaired) electrons. The molecule has 3 nitrogen and oxygen atoms in total. The average Bonchev–Trinajstić information content (AvgIpc) is 2.67. The summed E-state index contributed by atoms with van der Waals surface area (Å²) in [6.07, 6.45) is 4.86. The largest absolute Gasteiger partial charge is 0.489 e. The molecular formula is C23H31NO2. The standard InChI is InChI=1S/C23H31NO2/c1-3-14-24(15-4-2)17-22-13-11-20-10-12-21(16-23(20)26-22)25-18-19-8-6-5-7-9-19/h5-10,12,16,22H,3-4,11,13-15,17-18H2,1-2H3. The second-order valence-corrected chi connectivity index (χ2v) is 7.12. The molecule has 26 heavy (non-hydrogen) atoms. The van der Waals surface area contributed by atoms with Crippen LogP contribution in [0.2, 0.25) is 0 Å². The van der Waals surface area contributed by atoms with E-state index in [4.69, 9.17) is 9.47 Å². The number of ether oxygens (including phenoxy) is 2. The van der Waals surface area contributed by atoms with Crippen LogP contribution in [-0.2, 0) is 13.0 Å². The van der Waals surface area contributed by atoms with Gasteiger partial charge in [0, 0.05) is 12.6 Å². The lowest BCUT2D eigenvalue weighted by atomic mass is 10.0. The zero-order valence-corrected chi connectivity index (χ0v) is 16.1. The predicted octanol–water partition coefficient (Wildman–Crippen LogP) is 5.08. The quantitative estimate of drug-likeness (QED) is 0.627. The van der Waals surface area contributed by atoms with Gasteiger partial charge in [0.1, 0.15) is 24.2 Å². The van der Waals surface area contributed by atoms with E-state index in [2.05, 4.69) is 49.1 Å². The summed E-state index contributed by atoms with van der Waals surface area (Å²) in [6.45, 7) is 8.41. The lowest BCUT2D eigenvalue weighted by Crippen LogP contribution is -2.38. The highest BCUT2D eigenvalue weighted by atomic mass is 16.5. The first-order valence-electron chi connectivity index (χ1n) is 9.97. The van der Waals surface area contributed by atoms with Crippen LogP contribution in [0.4, 0.5) is 0 Å². The van der Waals surface area contributed by atoms with Crippen molar-refractivity contribution in [1.29, 1.82) is 0 Å². The molecule has 1 aliphatic heterocycles. The van der Waals surface area contributed by atoms with Gasteiger partial charge in [0.2, 0.25) is 0 Å². The van der Waals surface area contributed by atoms with E-state index < -0.39 is 0 Å². The Kier molecular flexibility index (Phi) is 6.96. The molecule has 0 spiro atoms. The molecule has 3 rings (SSSR count). The molecule has 0 saturated carbocycles. The van der Waals surface area contributed by atoms with Gasteiger partial charge in [-0.3, -0.25) is 4.90 Å². The molecule has 2 aromatic rings. The summed E-state index contributed by atoms with van der Waals surface area (Å²) >= 11 is 0. The van der Waals surface area contributed by atoms with Gasteiger partial charge in [0.15, 0.2) is 0 Å². The first kappa shape index (κ1) is 18.8. The van der Waals surface area contributed by atoms with Gasteiger partial charge in [-0.05, 0) is 56.0 Å². The van der Waals surface area contributed by atoms with Gasteiger partial charge in [-0.2, -0.15) is 0 Å². The monoisotopic (exact) mass is 353 g/mol. The van der Waals surface area contributed by atoms with Crippen molar-refractivity contribution in [1.82, 2.24) is 4.90 Å². The minimum atomic E-state index is 0.282. The third kappa shape index (κ3) is 5.25. The summed E-state index contributed by atoms with van der Waals surface area (Å²) in [4.78, 5) is 2.53. The van der Waals surface area contributed by atoms with Crippen molar-refractivity contribution in [3.8, 4) is 11.5 Å². The van der Waals surface area contributed by atoms with Gasteiger partial charge in [-0.15, -0.1) is 0 Å². The fourth-order valence-electron chi connectivity index (χ4n) is 3.58. The van der Waals surface area contributed by atoms with E-state index >= 15 is 0 Å². The zero-order valence-electron chi connectivity index (χ0n) is 16.1. The lowest BCUT2D eigenvalue weighted by Gasteiger charge is -2.31. The second-order valence-electron chi connectivity index (χ2n) is 7.12. The Labute approximate surface area is 157 Å². The Hall–Kier alpha value is -2.00. The van der Waals surface area contributed by atoms with E-state index in [1.807, 2.05) is 18.2 Å². The number of benzene rings is 2. The highest BCUT2D eigenvalue weighted by Crippen LogP contribution is 2.32. The molecule has 140 valence electrons. The van der Waals surface area contributed by atoms with Crippen molar-refractivity contribution >= 4 is 0 Å². The fourth-order valence-corrected chi connectivity index (χ4v) is 3.58. The van der Waals surface area contributed by atoms with Crippen LogP contribution in [-0.4, -0.2) is 30.6 Å². The van der Waals surface area contributed by atoms with E-state index in [0.717, 1.165) is 44.0 Å². The summed E-state index contributed by atoms with van der Waals surface area (Å²) < 4.78 is 12.3. The Morgan fingerprint density at radius 3 is 2.54 bits per heavy atom. The van der Waals surface area contributed by atoms with Crippen molar-refractivity contribution in [2.45, 2.75) is 52.2 Å². The van der Waals surface area contributed by atoms with Crippen molar-refractivity contribution in [3.05, 3.63) is 59.7 Å². The number of nitrogens with zero attached hydrogens (tertiary/aromatic N) is 1. The van der Waals surface area contributed by atoms with Gasteiger partial charge >= 0.3 is 0 Å². The van der Waals surface area contributed by atoms with E-state index in [1.54, 1.807) is 0 Å². The molecule has 1 aliphatic rings. The third-order valence-electron chi connectivity index (χ3n) is 4.86. The Morgan fingerprint density at radius 2 is 1.81 bits per heavy atom. The van der Waals surface area contributed by atoms with Crippen LogP contribution in [0.15, 0.2) is 48.5 Å². The highest BCUT2D eigenvalue weighted by Gasteiger charge is 2.22. The van der Waals surface area contributed by atoms with Gasteiger partial charge < -0.3 is 9.47 Å². The Morgan fingerprint density at radius 1 is 1.04 bits per heavy atom. The van der Waals surface area contributed by atoms with E-state index in [0.29, 0.717) is 6.61 Å². The molecule has 1 unspecified atom stereocenters. The zero-order chi connectivity index (χ0) is 18.2. The molecule has 0 saturated heterocycles. The van der Waals surface area contributed by atoms with Crippen molar-refractivity contribution < 1.29 is 9.47 Å². The Balaban J connectivity index is 1.60. The average molecular weight is 354 g/mol. The second kappa shape index (κ2) is 9.63. The fraction of sp³-hybridized carbons (Fsp3) is 0.478. The molecule has 0 aromatic heterocycles. The molecule has 3 heteroatoms. The summed E-state index contributed by atoms with van der Waals surface area (Å²) in [5, 5.41) is 0. The smallest absolute Gasteiger partial charge is 0.126 e. The third-order valence-corrected chi connectivity index (χ3v) is 4.86. The van der Waals surface area contributed by atoms with Gasteiger partial charge in [-0.1, -0.05) is 50.2 Å². The number of aryl methyl sites for hydroxylation is 1. The summed E-state index contributed by atoms with van der Waals surface area (Å²) in [6, 6.07) is 16.6. The van der Waals surface area contributed by atoms with Crippen molar-refractivity contribution in [2.24, 2.45) is 0 Å². The molecule has 1 atom stereocenters. The summed E-state index contributed by atoms with van der Waals surface area (Å²) in [7, 11) is 0. The molecular weight excluding hydrogens is 322 g/mol. The number of hydrogen-bond donors (Lipinski definition) is 0. The van der Waals surface area contributed by atoms with Crippen molar-refractivity contribution in [2.75, 3.05) is 19.6 Å². The minimum Gasteiger partial charge on any atom is -0.489 e. The maximum Gasteiger partial charge on any atom is 0.126 e. The molecule has 2 aromatic carbocycles. The molecule has 1 heterocycles. The van der Waals surface area contributed by atoms with Crippen LogP contribution in [0.3, 0.4) is 0 Å². The lowest BCUT2D eigenvalue weighted by molar-refractivity contribution is 0.113. The Bertz CT molecular complexity index is 665. The molecule has 0 amide bonds. The maximum absolute atomic E-state index is 6.33. The number of fused-ring (bicyclic) bond motifs is 1. The maximum atomic E-state index is 6.33. The molecule has 0 bridgehead atoms. The SMILES string of the molecule is CCCN(CCC)CC1CCc2ccc(OCc3ccccc3)cc2O1. The van der Waals surface area contributed by atoms with E-state index in [-0.39, 0.29) is 6.10 Å². The van der Waals surface area contributed by atoms with E-state index in [1.165, 1.54) is 24.0 Å². The van der Waals surface area contributed by atoms with Gasteiger partial charge in [0.05, 0.1) is 0 Å². The van der Waals surface area contributed by atoms with E-state index in [9.17, 15) is 0 Å². The predicted molar refractivity (Wildman–Crippen MR) is 107 cm³/mol. The van der Waals surface area contributed by atoms with Crippen molar-refractivity contribution in [3.63, 3.8) is 0 Å². The topological polar surface area (TPSA) is 21.7 Å². The summed E-state index contributed by atoms with van der Waals surface area (Å²) in [5.74, 6) is 1.88. The van der Waals surface area contributed by atoms with Crippen LogP contribution in [0.5, 0.6) is 11.5 Å². The van der Waals surface area contributed by atoms with Crippen LogP contribution in [0.25, 0.3) is 0 Å². The highest BCUT2D eigenvalue weighted by molar-refractivity contribution is 5.42. The molecule has 0 fully saturated rings. The van der Waals surface area contributed by atoms with Gasteiger partial charge in [-0.25, -0.2) is 0 Å². The first-order chi connectivity index (χ1) is 12.8. The van der Waals surface area contributed by atoms with Crippen LogP contribution in [0.1, 0.15) is 44.2 Å². The van der Waals surface area contributed by atoms with Crippen LogP contribution in [0, 0.1) is 0 Å².